The molecule has 3 nitrogen and oxygen atoms in total. The monoisotopic (exact) mass is 351 g/mol. The van der Waals surface area contributed by atoms with Crippen molar-refractivity contribution in [2.75, 3.05) is 11.9 Å². The molecule has 0 bridgehead atoms. The van der Waals surface area contributed by atoms with Gasteiger partial charge in [0.2, 0.25) is 5.91 Å². The molecule has 2 aromatic rings. The van der Waals surface area contributed by atoms with Gasteiger partial charge in [0.15, 0.2) is 5.75 Å². The van der Waals surface area contributed by atoms with Crippen molar-refractivity contribution in [3.63, 3.8) is 0 Å². The molecule has 3 rings (SSSR count). The molecule has 1 aliphatic carbocycles. The Kier molecular flexibility index (Phi) is 4.71. The number of hydrogen-bond acceptors (Lipinski definition) is 2. The maximum Gasteiger partial charge on any atom is 0.228 e. The molecule has 24 heavy (non-hydrogen) atoms. The van der Waals surface area contributed by atoms with E-state index in [9.17, 15) is 13.6 Å². The van der Waals surface area contributed by atoms with Crippen LogP contribution in [-0.2, 0) is 4.79 Å². The first kappa shape index (κ1) is 16.7. The van der Waals surface area contributed by atoms with Crippen molar-refractivity contribution in [2.45, 2.75) is 19.3 Å². The summed E-state index contributed by atoms with van der Waals surface area (Å²) >= 11 is 6.08. The van der Waals surface area contributed by atoms with Crippen LogP contribution in [0.1, 0.15) is 24.8 Å². The summed E-state index contributed by atoms with van der Waals surface area (Å²) in [5, 5.41) is 3.13. The molecule has 1 saturated carbocycles. The van der Waals surface area contributed by atoms with Gasteiger partial charge in [-0.15, -0.1) is 0 Å². The predicted molar refractivity (Wildman–Crippen MR) is 88.5 cm³/mol. The first-order chi connectivity index (χ1) is 11.5. The van der Waals surface area contributed by atoms with Crippen LogP contribution in [0.3, 0.4) is 0 Å². The molecular weight excluding hydrogens is 336 g/mol. The topological polar surface area (TPSA) is 38.3 Å². The van der Waals surface area contributed by atoms with Gasteiger partial charge in [0.05, 0.1) is 17.3 Å². The van der Waals surface area contributed by atoms with Crippen molar-refractivity contribution in [1.29, 1.82) is 0 Å². The number of carbonyl (C=O) groups excluding carboxylic acids is 1. The Morgan fingerprint density at radius 1 is 1.25 bits per heavy atom. The van der Waals surface area contributed by atoms with Gasteiger partial charge in [0.1, 0.15) is 11.6 Å². The van der Waals surface area contributed by atoms with E-state index in [2.05, 4.69) is 5.32 Å². The van der Waals surface area contributed by atoms with E-state index in [1.165, 1.54) is 18.2 Å². The minimum absolute atomic E-state index is 0.0197. The second-order valence-corrected chi connectivity index (χ2v) is 6.03. The first-order valence-corrected chi connectivity index (χ1v) is 8.06. The number of amides is 1. The highest BCUT2D eigenvalue weighted by molar-refractivity contribution is 6.32. The Hall–Kier alpha value is -2.14. The second-order valence-electron chi connectivity index (χ2n) is 5.62. The summed E-state index contributed by atoms with van der Waals surface area (Å²) in [5.41, 5.74) is 0.433. The van der Waals surface area contributed by atoms with Gasteiger partial charge in [-0.2, -0.15) is 0 Å². The van der Waals surface area contributed by atoms with Crippen molar-refractivity contribution in [1.82, 2.24) is 0 Å². The van der Waals surface area contributed by atoms with E-state index in [4.69, 9.17) is 16.3 Å². The summed E-state index contributed by atoms with van der Waals surface area (Å²) in [6.45, 7) is 2.21. The van der Waals surface area contributed by atoms with Crippen molar-refractivity contribution in [3.05, 3.63) is 58.6 Å². The molecule has 2 unspecified atom stereocenters. The molecule has 1 aliphatic rings. The molecule has 0 radical (unpaired) electrons. The lowest BCUT2D eigenvalue weighted by Crippen LogP contribution is -2.16. The van der Waals surface area contributed by atoms with Gasteiger partial charge in [-0.1, -0.05) is 23.7 Å². The van der Waals surface area contributed by atoms with Gasteiger partial charge in [0.25, 0.3) is 0 Å². The summed E-state index contributed by atoms with van der Waals surface area (Å²) in [6, 6.07) is 8.76. The third-order valence-electron chi connectivity index (χ3n) is 4.01. The molecular formula is C18H16ClF2NO2. The summed E-state index contributed by atoms with van der Waals surface area (Å²) in [4.78, 5) is 12.4. The number of para-hydroxylation sites is 1. The number of hydrogen-bond donors (Lipinski definition) is 1. The van der Waals surface area contributed by atoms with Gasteiger partial charge in [-0.25, -0.2) is 8.78 Å². The molecule has 126 valence electrons. The van der Waals surface area contributed by atoms with Crippen molar-refractivity contribution in [2.24, 2.45) is 5.92 Å². The highest BCUT2D eigenvalue weighted by atomic mass is 35.5. The molecule has 0 saturated heterocycles. The van der Waals surface area contributed by atoms with E-state index in [-0.39, 0.29) is 11.5 Å². The Bertz CT molecular complexity index is 761. The van der Waals surface area contributed by atoms with Crippen LogP contribution in [0.25, 0.3) is 0 Å². The van der Waals surface area contributed by atoms with Crippen LogP contribution in [-0.4, -0.2) is 12.5 Å². The smallest absolute Gasteiger partial charge is 0.228 e. The fourth-order valence-electron chi connectivity index (χ4n) is 2.79. The zero-order valence-corrected chi connectivity index (χ0v) is 13.7. The van der Waals surface area contributed by atoms with E-state index < -0.39 is 23.5 Å². The first-order valence-electron chi connectivity index (χ1n) is 7.69. The maximum absolute atomic E-state index is 13.8. The Balaban J connectivity index is 1.75. The zero-order valence-electron chi connectivity index (χ0n) is 13.0. The molecule has 0 heterocycles. The van der Waals surface area contributed by atoms with Gasteiger partial charge < -0.3 is 10.1 Å². The van der Waals surface area contributed by atoms with Crippen molar-refractivity contribution >= 4 is 23.2 Å². The standard InChI is InChI=1S/C18H16ClF2NO2/c1-2-24-17-12(19)5-3-8-15(17)22-18(23)11-9-10(11)16-13(20)6-4-7-14(16)21/h3-8,10-11H,2,9H2,1H3,(H,22,23). The quantitative estimate of drug-likeness (QED) is 0.843. The number of anilines is 1. The summed E-state index contributed by atoms with van der Waals surface area (Å²) in [7, 11) is 0. The predicted octanol–water partition coefficient (Wildman–Crippen LogP) is 4.76. The molecule has 1 fully saturated rings. The normalized spacial score (nSPS) is 19.0. The molecule has 0 aromatic heterocycles. The van der Waals surface area contributed by atoms with Crippen molar-refractivity contribution < 1.29 is 18.3 Å². The maximum atomic E-state index is 13.8. The number of rotatable bonds is 5. The summed E-state index contributed by atoms with van der Waals surface area (Å²) in [5.74, 6) is -2.05. The van der Waals surface area contributed by atoms with Crippen LogP contribution in [0.5, 0.6) is 5.75 Å². The molecule has 0 spiro atoms. The SMILES string of the molecule is CCOc1c(Cl)cccc1NC(=O)C1CC1c1c(F)cccc1F. The Morgan fingerprint density at radius 2 is 1.92 bits per heavy atom. The fraction of sp³-hybridized carbons (Fsp3) is 0.278. The average molecular weight is 352 g/mol. The molecule has 1 N–H and O–H groups in total. The molecule has 2 atom stereocenters. The van der Waals surface area contributed by atoms with Gasteiger partial charge in [-0.05, 0) is 37.6 Å². The molecule has 1 amide bonds. The third kappa shape index (κ3) is 3.22. The van der Waals surface area contributed by atoms with Gasteiger partial charge in [0, 0.05) is 17.4 Å². The third-order valence-corrected chi connectivity index (χ3v) is 4.31. The minimum atomic E-state index is -0.618. The van der Waals surface area contributed by atoms with Crippen LogP contribution in [0, 0.1) is 17.6 Å². The molecule has 6 heteroatoms. The van der Waals surface area contributed by atoms with E-state index in [0.717, 1.165) is 0 Å². The van der Waals surface area contributed by atoms with E-state index in [0.29, 0.717) is 29.5 Å². The number of halogens is 3. The largest absolute Gasteiger partial charge is 0.490 e. The van der Waals surface area contributed by atoms with Crippen LogP contribution in [0.4, 0.5) is 14.5 Å². The van der Waals surface area contributed by atoms with E-state index >= 15 is 0 Å². The van der Waals surface area contributed by atoms with Crippen LogP contribution < -0.4 is 10.1 Å². The number of benzene rings is 2. The zero-order chi connectivity index (χ0) is 17.3. The van der Waals surface area contributed by atoms with Gasteiger partial charge in [-0.3, -0.25) is 4.79 Å². The second kappa shape index (κ2) is 6.77. The van der Waals surface area contributed by atoms with Crippen LogP contribution in [0.2, 0.25) is 5.02 Å². The highest BCUT2D eigenvalue weighted by Gasteiger charge is 2.46. The summed E-state index contributed by atoms with van der Waals surface area (Å²) in [6.07, 6.45) is 0.411. The lowest BCUT2D eigenvalue weighted by atomic mass is 10.1. The minimum Gasteiger partial charge on any atom is -0.490 e. The number of carbonyl (C=O) groups is 1. The highest BCUT2D eigenvalue weighted by Crippen LogP contribution is 2.50. The Morgan fingerprint density at radius 3 is 2.58 bits per heavy atom. The fourth-order valence-corrected chi connectivity index (χ4v) is 3.02. The van der Waals surface area contributed by atoms with Crippen molar-refractivity contribution in [3.8, 4) is 5.75 Å². The van der Waals surface area contributed by atoms with E-state index in [1.54, 1.807) is 18.2 Å². The molecule has 2 aromatic carbocycles. The lowest BCUT2D eigenvalue weighted by molar-refractivity contribution is -0.117. The lowest BCUT2D eigenvalue weighted by Gasteiger charge is -2.13. The molecule has 0 aliphatic heterocycles. The summed E-state index contributed by atoms with van der Waals surface area (Å²) < 4.78 is 33.1. The number of ether oxygens (including phenoxy) is 1. The van der Waals surface area contributed by atoms with E-state index in [1.807, 2.05) is 6.92 Å². The Labute approximate surface area is 143 Å². The average Bonchev–Trinajstić information content (AvgIpc) is 3.31. The number of nitrogens with one attached hydrogen (secondary N) is 1. The van der Waals surface area contributed by atoms with Gasteiger partial charge >= 0.3 is 0 Å². The van der Waals surface area contributed by atoms with Crippen LogP contribution in [0.15, 0.2) is 36.4 Å². The van der Waals surface area contributed by atoms with Crippen LogP contribution >= 0.6 is 11.6 Å².